The third-order valence-corrected chi connectivity index (χ3v) is 6.31. The van der Waals surface area contributed by atoms with Gasteiger partial charge in [0.25, 0.3) is 5.69 Å². The lowest BCUT2D eigenvalue weighted by molar-refractivity contribution is -0.384. The van der Waals surface area contributed by atoms with Crippen molar-refractivity contribution < 1.29 is 18.7 Å². The van der Waals surface area contributed by atoms with Crippen molar-refractivity contribution in [1.82, 2.24) is 5.32 Å². The van der Waals surface area contributed by atoms with Crippen molar-refractivity contribution in [2.24, 2.45) is 0 Å². The minimum atomic E-state index is -1.48. The van der Waals surface area contributed by atoms with E-state index in [1.165, 1.54) is 18.2 Å². The van der Waals surface area contributed by atoms with E-state index >= 15 is 0 Å². The lowest BCUT2D eigenvalue weighted by Crippen LogP contribution is -2.32. The minimum Gasteiger partial charge on any atom is -0.463 e. The molecule has 32 heavy (non-hydrogen) atoms. The number of rotatable bonds is 7. The summed E-state index contributed by atoms with van der Waals surface area (Å²) in [4.78, 5) is 24.4. The van der Waals surface area contributed by atoms with Crippen molar-refractivity contribution in [3.8, 4) is 6.07 Å². The number of nitriles is 1. The number of carbonyl (C=O) groups is 1. The minimum absolute atomic E-state index is 0.0142. The molecule has 164 valence electrons. The quantitative estimate of drug-likeness (QED) is 0.387. The molecule has 2 aromatic rings. The SMILES string of the molecule is CCOC(=O)C1=C(CS(=O)c2ccccc2)NC(C)=C(C#N)[C@H]1c1cccc([N+](=O)[O-])c1. The fraction of sp³-hybridized carbons (Fsp3) is 0.217. The summed E-state index contributed by atoms with van der Waals surface area (Å²) in [6.45, 7) is 3.44. The first-order valence-corrected chi connectivity index (χ1v) is 11.1. The van der Waals surface area contributed by atoms with E-state index < -0.39 is 27.6 Å². The molecule has 1 aliphatic heterocycles. The van der Waals surface area contributed by atoms with Gasteiger partial charge < -0.3 is 10.1 Å². The van der Waals surface area contributed by atoms with Crippen LogP contribution in [-0.4, -0.2) is 27.5 Å². The highest BCUT2D eigenvalue weighted by Crippen LogP contribution is 2.39. The van der Waals surface area contributed by atoms with E-state index in [2.05, 4.69) is 11.4 Å². The molecule has 8 nitrogen and oxygen atoms in total. The molecule has 0 radical (unpaired) electrons. The van der Waals surface area contributed by atoms with Gasteiger partial charge in [-0.3, -0.25) is 14.3 Å². The molecule has 1 aliphatic rings. The number of nitrogens with zero attached hydrogens (tertiary/aromatic N) is 2. The van der Waals surface area contributed by atoms with E-state index in [1.807, 2.05) is 6.07 Å². The maximum absolute atomic E-state index is 13.0. The van der Waals surface area contributed by atoms with Crippen LogP contribution in [0.4, 0.5) is 5.69 Å². The van der Waals surface area contributed by atoms with Gasteiger partial charge in [-0.25, -0.2) is 4.79 Å². The number of hydrogen-bond donors (Lipinski definition) is 1. The number of hydrogen-bond acceptors (Lipinski definition) is 7. The van der Waals surface area contributed by atoms with Crippen LogP contribution in [0.25, 0.3) is 0 Å². The summed E-state index contributed by atoms with van der Waals surface area (Å²) >= 11 is 0. The van der Waals surface area contributed by atoms with Crippen LogP contribution in [0.15, 0.2) is 82.0 Å². The number of benzene rings is 2. The highest BCUT2D eigenvalue weighted by Gasteiger charge is 2.36. The van der Waals surface area contributed by atoms with Gasteiger partial charge in [0.05, 0.1) is 51.2 Å². The van der Waals surface area contributed by atoms with Gasteiger partial charge in [0.1, 0.15) is 0 Å². The number of allylic oxidation sites excluding steroid dienone is 2. The molecule has 0 amide bonds. The lowest BCUT2D eigenvalue weighted by atomic mass is 9.81. The second kappa shape index (κ2) is 10.0. The summed E-state index contributed by atoms with van der Waals surface area (Å²) in [5, 5.41) is 24.2. The van der Waals surface area contributed by atoms with Gasteiger partial charge >= 0.3 is 5.97 Å². The zero-order chi connectivity index (χ0) is 23.3. The highest BCUT2D eigenvalue weighted by molar-refractivity contribution is 7.85. The molecule has 9 heteroatoms. The van der Waals surface area contributed by atoms with Gasteiger partial charge in [0.2, 0.25) is 0 Å². The highest BCUT2D eigenvalue weighted by atomic mass is 32.2. The van der Waals surface area contributed by atoms with Crippen LogP contribution in [0, 0.1) is 21.4 Å². The molecule has 0 aromatic heterocycles. The van der Waals surface area contributed by atoms with Crippen LogP contribution >= 0.6 is 0 Å². The predicted molar refractivity (Wildman–Crippen MR) is 119 cm³/mol. The predicted octanol–water partition coefficient (Wildman–Crippen LogP) is 3.70. The molecule has 3 rings (SSSR count). The van der Waals surface area contributed by atoms with E-state index in [4.69, 9.17) is 4.74 Å². The Balaban J connectivity index is 2.17. The maximum Gasteiger partial charge on any atom is 0.336 e. The molecular formula is C23H21N3O5S. The zero-order valence-corrected chi connectivity index (χ0v) is 18.3. The summed E-state index contributed by atoms with van der Waals surface area (Å²) in [5.74, 6) is -1.57. The first kappa shape index (κ1) is 22.9. The van der Waals surface area contributed by atoms with Gasteiger partial charge in [-0.1, -0.05) is 30.3 Å². The van der Waals surface area contributed by atoms with E-state index in [-0.39, 0.29) is 29.2 Å². The number of non-ortho nitro benzene ring substituents is 1. The fourth-order valence-electron chi connectivity index (χ4n) is 3.55. The Kier molecular flexibility index (Phi) is 7.18. The molecule has 1 N–H and O–H groups in total. The van der Waals surface area contributed by atoms with Gasteiger partial charge in [0, 0.05) is 28.4 Å². The lowest BCUT2D eigenvalue weighted by Gasteiger charge is -2.29. The van der Waals surface area contributed by atoms with E-state index in [0.29, 0.717) is 21.9 Å². The summed E-state index contributed by atoms with van der Waals surface area (Å²) < 4.78 is 18.3. The normalized spacial score (nSPS) is 16.7. The van der Waals surface area contributed by atoms with E-state index in [9.17, 15) is 24.4 Å². The molecule has 0 saturated carbocycles. The van der Waals surface area contributed by atoms with Crippen LogP contribution in [-0.2, 0) is 20.3 Å². The first-order chi connectivity index (χ1) is 15.4. The van der Waals surface area contributed by atoms with Gasteiger partial charge in [0.15, 0.2) is 0 Å². The van der Waals surface area contributed by atoms with Crippen LogP contribution < -0.4 is 5.32 Å². The summed E-state index contributed by atoms with van der Waals surface area (Å²) in [7, 11) is -1.48. The Hall–Kier alpha value is -3.77. The maximum atomic E-state index is 13.0. The molecular weight excluding hydrogens is 430 g/mol. The molecule has 0 fully saturated rings. The Bertz CT molecular complexity index is 1180. The molecule has 1 heterocycles. The number of ether oxygens (including phenoxy) is 1. The molecule has 0 aliphatic carbocycles. The van der Waals surface area contributed by atoms with Gasteiger partial charge in [-0.15, -0.1) is 0 Å². The average Bonchev–Trinajstić information content (AvgIpc) is 2.79. The molecule has 0 spiro atoms. The van der Waals surface area contributed by atoms with Gasteiger partial charge in [-0.05, 0) is 31.5 Å². The van der Waals surface area contributed by atoms with E-state index in [1.54, 1.807) is 44.2 Å². The smallest absolute Gasteiger partial charge is 0.336 e. The number of nitro groups is 1. The molecule has 0 saturated heterocycles. The summed E-state index contributed by atoms with van der Waals surface area (Å²) in [6.07, 6.45) is 0. The van der Waals surface area contributed by atoms with Crippen molar-refractivity contribution in [1.29, 1.82) is 5.26 Å². The zero-order valence-electron chi connectivity index (χ0n) is 17.5. The Morgan fingerprint density at radius 1 is 1.25 bits per heavy atom. The van der Waals surface area contributed by atoms with Gasteiger partial charge in [-0.2, -0.15) is 5.26 Å². The van der Waals surface area contributed by atoms with Crippen LogP contribution in [0.2, 0.25) is 0 Å². The second-order valence-electron chi connectivity index (χ2n) is 6.98. The average molecular weight is 452 g/mol. The number of carbonyl (C=O) groups excluding carboxylic acids is 1. The van der Waals surface area contributed by atoms with Crippen molar-refractivity contribution >= 4 is 22.5 Å². The van der Waals surface area contributed by atoms with Crippen LogP contribution in [0.1, 0.15) is 25.3 Å². The topological polar surface area (TPSA) is 122 Å². The molecule has 1 unspecified atom stereocenters. The van der Waals surface area contributed by atoms with Crippen molar-refractivity contribution in [3.05, 3.63) is 92.8 Å². The van der Waals surface area contributed by atoms with E-state index in [0.717, 1.165) is 0 Å². The Morgan fingerprint density at radius 2 is 1.97 bits per heavy atom. The second-order valence-corrected chi connectivity index (χ2v) is 8.43. The number of dihydropyridines is 1. The van der Waals surface area contributed by atoms with Crippen molar-refractivity contribution in [2.75, 3.05) is 12.4 Å². The van der Waals surface area contributed by atoms with Crippen molar-refractivity contribution in [2.45, 2.75) is 24.7 Å². The third-order valence-electron chi connectivity index (χ3n) is 4.96. The van der Waals surface area contributed by atoms with Crippen LogP contribution in [0.5, 0.6) is 0 Å². The molecule has 0 bridgehead atoms. The fourth-order valence-corrected chi connectivity index (χ4v) is 4.66. The standard InChI is InChI=1S/C23H21N3O5S/c1-3-31-23(27)22-20(14-32(30)18-10-5-4-6-11-18)25-15(2)19(13-24)21(22)16-8-7-9-17(12-16)26(28)29/h4-12,21,25H,3,14H2,1-2H3/t21-,32?/m1/s1. The number of nitrogens with one attached hydrogen (secondary N) is 1. The Morgan fingerprint density at radius 3 is 2.59 bits per heavy atom. The summed E-state index contributed by atoms with van der Waals surface area (Å²) in [5.41, 5.74) is 1.45. The number of nitro benzene ring substituents is 1. The molecule has 2 atom stereocenters. The summed E-state index contributed by atoms with van der Waals surface area (Å²) in [6, 6.07) is 16.7. The molecule has 2 aromatic carbocycles. The third kappa shape index (κ3) is 4.76. The first-order valence-electron chi connectivity index (χ1n) is 9.83. The monoisotopic (exact) mass is 451 g/mol. The Labute approximate surface area is 187 Å². The largest absolute Gasteiger partial charge is 0.463 e. The number of esters is 1. The van der Waals surface area contributed by atoms with Crippen molar-refractivity contribution in [3.63, 3.8) is 0 Å². The van der Waals surface area contributed by atoms with Crippen LogP contribution in [0.3, 0.4) is 0 Å².